The first-order valence-corrected chi connectivity index (χ1v) is 7.13. The third-order valence-electron chi connectivity index (χ3n) is 2.91. The Hall–Kier alpha value is -0.810. The van der Waals surface area contributed by atoms with Crippen LogP contribution in [0.25, 0.3) is 0 Å². The van der Waals surface area contributed by atoms with Gasteiger partial charge in [-0.1, -0.05) is 25.7 Å². The Labute approximate surface area is 111 Å². The summed E-state index contributed by atoms with van der Waals surface area (Å²) in [7, 11) is 0. The van der Waals surface area contributed by atoms with Crippen molar-refractivity contribution in [3.8, 4) is 0 Å². The van der Waals surface area contributed by atoms with Gasteiger partial charge < -0.3 is 21.5 Å². The molecule has 0 spiro atoms. The highest BCUT2D eigenvalue weighted by atomic mass is 16.4. The highest BCUT2D eigenvalue weighted by molar-refractivity contribution is 5.61. The third-order valence-corrected chi connectivity index (χ3v) is 2.91. The maximum Gasteiger partial charge on any atom is 0.402 e. The molecule has 108 valence electrons. The molecule has 2 aliphatic rings. The number of carbonyl (C=O) groups is 1. The van der Waals surface area contributed by atoms with Gasteiger partial charge in [-0.05, 0) is 51.9 Å². The van der Waals surface area contributed by atoms with Gasteiger partial charge in [0.1, 0.15) is 0 Å². The molecule has 0 atom stereocenters. The fourth-order valence-corrected chi connectivity index (χ4v) is 1.96. The van der Waals surface area contributed by atoms with Crippen LogP contribution in [0.15, 0.2) is 0 Å². The lowest BCUT2D eigenvalue weighted by Gasteiger charge is -1.91. The van der Waals surface area contributed by atoms with Crippen molar-refractivity contribution in [2.75, 3.05) is 26.2 Å². The Balaban J connectivity index is 0.000000253. The number of nitrogens with one attached hydrogen (secondary N) is 2. The lowest BCUT2D eigenvalue weighted by molar-refractivity contribution is 0.205. The topological polar surface area (TPSA) is 87.4 Å². The lowest BCUT2D eigenvalue weighted by Crippen LogP contribution is -2.12. The standard InChI is InChI=1S/2C6H13N.CH3NO2/c2*1-2-4-6-7-5-3-1;2-1(3)4/h2*7H,1-6H2;2H2,(H,3,4). The van der Waals surface area contributed by atoms with Crippen molar-refractivity contribution in [1.82, 2.24) is 10.6 Å². The molecule has 2 fully saturated rings. The Morgan fingerprint density at radius 3 is 1.17 bits per heavy atom. The Kier molecular flexibility index (Phi) is 13.6. The van der Waals surface area contributed by atoms with E-state index in [0.717, 1.165) is 0 Å². The average molecular weight is 259 g/mol. The van der Waals surface area contributed by atoms with Crippen LogP contribution in [0.5, 0.6) is 0 Å². The second-order valence-electron chi connectivity index (χ2n) is 4.67. The summed E-state index contributed by atoms with van der Waals surface area (Å²) in [4.78, 5) is 8.78. The molecular formula is C13H29N3O2. The Bertz CT molecular complexity index is 132. The van der Waals surface area contributed by atoms with Gasteiger partial charge in [-0.2, -0.15) is 0 Å². The number of nitrogens with two attached hydrogens (primary N) is 1. The van der Waals surface area contributed by atoms with Gasteiger partial charge in [0, 0.05) is 0 Å². The first-order chi connectivity index (χ1) is 8.73. The van der Waals surface area contributed by atoms with Crippen LogP contribution >= 0.6 is 0 Å². The highest BCUT2D eigenvalue weighted by Crippen LogP contribution is 2.01. The molecule has 5 N–H and O–H groups in total. The third kappa shape index (κ3) is 17.6. The van der Waals surface area contributed by atoms with Crippen molar-refractivity contribution in [3.63, 3.8) is 0 Å². The van der Waals surface area contributed by atoms with Gasteiger partial charge >= 0.3 is 6.09 Å². The van der Waals surface area contributed by atoms with Crippen LogP contribution in [0, 0.1) is 0 Å². The quantitative estimate of drug-likeness (QED) is 0.535. The minimum absolute atomic E-state index is 1.25. The van der Waals surface area contributed by atoms with Crippen LogP contribution in [0.2, 0.25) is 0 Å². The number of amides is 1. The van der Waals surface area contributed by atoms with Gasteiger partial charge in [0.05, 0.1) is 0 Å². The maximum absolute atomic E-state index is 8.78. The van der Waals surface area contributed by atoms with Crippen LogP contribution in [-0.2, 0) is 0 Å². The zero-order valence-electron chi connectivity index (χ0n) is 11.4. The SMILES string of the molecule is C1CCCNCC1.C1CCCNCC1.NC(=O)O. The van der Waals surface area contributed by atoms with E-state index in [1.165, 1.54) is 77.5 Å². The van der Waals surface area contributed by atoms with Gasteiger partial charge in [0.15, 0.2) is 0 Å². The van der Waals surface area contributed by atoms with Crippen molar-refractivity contribution >= 4 is 6.09 Å². The average Bonchev–Trinajstić information content (AvgIpc) is 2.79. The smallest absolute Gasteiger partial charge is 0.402 e. The molecule has 18 heavy (non-hydrogen) atoms. The summed E-state index contributed by atoms with van der Waals surface area (Å²) in [5.41, 5.74) is 4.03. The number of rotatable bonds is 0. The molecule has 5 nitrogen and oxygen atoms in total. The van der Waals surface area contributed by atoms with Gasteiger partial charge in [0.2, 0.25) is 0 Å². The molecule has 2 aliphatic heterocycles. The summed E-state index contributed by atoms with van der Waals surface area (Å²) in [6, 6.07) is 0. The Morgan fingerprint density at radius 2 is 0.944 bits per heavy atom. The summed E-state index contributed by atoms with van der Waals surface area (Å²) in [5.74, 6) is 0. The van der Waals surface area contributed by atoms with E-state index >= 15 is 0 Å². The van der Waals surface area contributed by atoms with E-state index in [-0.39, 0.29) is 0 Å². The molecule has 2 heterocycles. The summed E-state index contributed by atoms with van der Waals surface area (Å²) in [6.45, 7) is 5.00. The summed E-state index contributed by atoms with van der Waals surface area (Å²) < 4.78 is 0. The summed E-state index contributed by atoms with van der Waals surface area (Å²) in [5, 5.41) is 13.9. The number of carboxylic acid groups (broad SMARTS) is 1. The molecule has 2 rings (SSSR count). The summed E-state index contributed by atoms with van der Waals surface area (Å²) in [6.07, 6.45) is 9.97. The van der Waals surface area contributed by atoms with Gasteiger partial charge in [-0.3, -0.25) is 0 Å². The van der Waals surface area contributed by atoms with E-state index in [2.05, 4.69) is 16.4 Å². The zero-order valence-corrected chi connectivity index (χ0v) is 11.4. The molecule has 0 bridgehead atoms. The van der Waals surface area contributed by atoms with Gasteiger partial charge in [0.25, 0.3) is 0 Å². The molecule has 0 aromatic heterocycles. The predicted octanol–water partition coefficient (Wildman–Crippen LogP) is 1.92. The molecule has 0 radical (unpaired) electrons. The van der Waals surface area contributed by atoms with E-state index in [1.54, 1.807) is 0 Å². The predicted molar refractivity (Wildman–Crippen MR) is 74.9 cm³/mol. The van der Waals surface area contributed by atoms with E-state index in [0.29, 0.717) is 0 Å². The van der Waals surface area contributed by atoms with Crippen LogP contribution < -0.4 is 16.4 Å². The van der Waals surface area contributed by atoms with E-state index in [4.69, 9.17) is 9.90 Å². The van der Waals surface area contributed by atoms with Crippen LogP contribution in [-0.4, -0.2) is 37.4 Å². The van der Waals surface area contributed by atoms with Crippen molar-refractivity contribution in [2.45, 2.75) is 51.4 Å². The van der Waals surface area contributed by atoms with E-state index in [9.17, 15) is 0 Å². The normalized spacial score (nSPS) is 20.0. The first-order valence-electron chi connectivity index (χ1n) is 7.13. The molecule has 0 unspecified atom stereocenters. The van der Waals surface area contributed by atoms with Gasteiger partial charge in [-0.15, -0.1) is 0 Å². The van der Waals surface area contributed by atoms with Crippen molar-refractivity contribution in [2.24, 2.45) is 5.73 Å². The molecule has 0 aromatic rings. The number of hydrogen-bond donors (Lipinski definition) is 4. The largest absolute Gasteiger partial charge is 0.465 e. The second-order valence-corrected chi connectivity index (χ2v) is 4.67. The fraction of sp³-hybridized carbons (Fsp3) is 0.923. The van der Waals surface area contributed by atoms with E-state index < -0.39 is 6.09 Å². The zero-order chi connectivity index (χ0) is 13.5. The minimum Gasteiger partial charge on any atom is -0.465 e. The number of hydrogen-bond acceptors (Lipinski definition) is 3. The molecule has 0 saturated carbocycles. The Morgan fingerprint density at radius 1 is 0.722 bits per heavy atom. The van der Waals surface area contributed by atoms with Crippen molar-refractivity contribution in [1.29, 1.82) is 0 Å². The molecule has 0 aromatic carbocycles. The maximum atomic E-state index is 8.78. The number of primary amides is 1. The molecule has 5 heteroatoms. The minimum atomic E-state index is -1.33. The van der Waals surface area contributed by atoms with Crippen LogP contribution in [0.4, 0.5) is 4.79 Å². The molecule has 2 saturated heterocycles. The fourth-order valence-electron chi connectivity index (χ4n) is 1.96. The first kappa shape index (κ1) is 17.2. The monoisotopic (exact) mass is 259 g/mol. The summed E-state index contributed by atoms with van der Waals surface area (Å²) >= 11 is 0. The second kappa shape index (κ2) is 14.3. The van der Waals surface area contributed by atoms with Crippen LogP contribution in [0.3, 0.4) is 0 Å². The van der Waals surface area contributed by atoms with Crippen molar-refractivity contribution in [3.05, 3.63) is 0 Å². The molecule has 1 amide bonds. The highest BCUT2D eigenvalue weighted by Gasteiger charge is 1.94. The van der Waals surface area contributed by atoms with Gasteiger partial charge in [-0.25, -0.2) is 4.79 Å². The van der Waals surface area contributed by atoms with Crippen LogP contribution in [0.1, 0.15) is 51.4 Å². The lowest BCUT2D eigenvalue weighted by atomic mass is 10.2. The molecule has 0 aliphatic carbocycles. The van der Waals surface area contributed by atoms with Crippen molar-refractivity contribution < 1.29 is 9.90 Å². The molecular weight excluding hydrogens is 230 g/mol. The van der Waals surface area contributed by atoms with E-state index in [1.807, 2.05) is 0 Å².